The van der Waals surface area contributed by atoms with Crippen LogP contribution in [0.3, 0.4) is 0 Å². The molecule has 1 heterocycles. The predicted molar refractivity (Wildman–Crippen MR) is 81.8 cm³/mol. The zero-order valence-electron chi connectivity index (χ0n) is 12.8. The van der Waals surface area contributed by atoms with Gasteiger partial charge >= 0.3 is 0 Å². The maximum atomic E-state index is 14.1. The Bertz CT molecular complexity index is 526. The van der Waals surface area contributed by atoms with E-state index in [1.54, 1.807) is 12.1 Å². The summed E-state index contributed by atoms with van der Waals surface area (Å²) in [6, 6.07) is 4.74. The van der Waals surface area contributed by atoms with Crippen LogP contribution in [-0.4, -0.2) is 29.0 Å². The lowest BCUT2D eigenvalue weighted by atomic mass is 9.82. The number of amidine groups is 1. The van der Waals surface area contributed by atoms with Crippen LogP contribution in [0.1, 0.15) is 44.2 Å². The van der Waals surface area contributed by atoms with Gasteiger partial charge in [-0.05, 0) is 37.3 Å². The third kappa shape index (κ3) is 3.35. The number of hydrogen-bond donors (Lipinski definition) is 2. The van der Waals surface area contributed by atoms with Gasteiger partial charge < -0.3 is 10.9 Å². The Morgan fingerprint density at radius 3 is 2.67 bits per heavy atom. The summed E-state index contributed by atoms with van der Waals surface area (Å²) in [6.07, 6.45) is 3.53. The molecule has 0 spiro atoms. The average Bonchev–Trinajstić information content (AvgIpc) is 2.92. The number of likely N-dealkylation sites (tertiary alicyclic amines) is 1. The average molecular weight is 293 g/mol. The highest BCUT2D eigenvalue weighted by Crippen LogP contribution is 2.37. The van der Waals surface area contributed by atoms with E-state index in [0.29, 0.717) is 23.1 Å². The smallest absolute Gasteiger partial charge is 0.170 e. The minimum atomic E-state index is -0.301. The van der Waals surface area contributed by atoms with Gasteiger partial charge in [0.25, 0.3) is 0 Å². The van der Waals surface area contributed by atoms with Crippen molar-refractivity contribution in [1.82, 2.24) is 4.90 Å². The molecule has 0 atom stereocenters. The summed E-state index contributed by atoms with van der Waals surface area (Å²) in [7, 11) is 0. The number of nitrogens with two attached hydrogens (primary N) is 1. The number of oxime groups is 1. The normalized spacial score (nSPS) is 19.1. The third-order valence-corrected chi connectivity index (χ3v) is 4.87. The fourth-order valence-electron chi connectivity index (χ4n) is 3.12. The van der Waals surface area contributed by atoms with Crippen LogP contribution < -0.4 is 5.73 Å². The van der Waals surface area contributed by atoms with Crippen molar-refractivity contribution in [3.63, 3.8) is 0 Å². The number of benzene rings is 1. The molecule has 4 nitrogen and oxygen atoms in total. The molecule has 1 aromatic carbocycles. The van der Waals surface area contributed by atoms with Crippen LogP contribution in [0.4, 0.5) is 4.39 Å². The van der Waals surface area contributed by atoms with Gasteiger partial charge in [0, 0.05) is 24.2 Å². The van der Waals surface area contributed by atoms with E-state index >= 15 is 0 Å². The molecular weight excluding hydrogens is 269 g/mol. The van der Waals surface area contributed by atoms with Crippen LogP contribution in [0, 0.1) is 11.2 Å². The standard InChI is InChI=1S/C16H24FN3O/c1-3-16(4-2)7-8-20(11-16)10-13-6-5-12(9-14(13)17)15(18)19-21/h5-6,9,21H,3-4,7-8,10-11H2,1-2H3,(H2,18,19). The lowest BCUT2D eigenvalue weighted by Gasteiger charge is -2.26. The fourth-order valence-corrected chi connectivity index (χ4v) is 3.12. The lowest BCUT2D eigenvalue weighted by molar-refractivity contribution is 0.234. The van der Waals surface area contributed by atoms with Gasteiger partial charge in [0.1, 0.15) is 5.82 Å². The molecule has 0 aromatic heterocycles. The van der Waals surface area contributed by atoms with Crippen molar-refractivity contribution in [3.8, 4) is 0 Å². The number of hydrogen-bond acceptors (Lipinski definition) is 3. The first kappa shape index (κ1) is 15.8. The Labute approximate surface area is 125 Å². The van der Waals surface area contributed by atoms with Crippen molar-refractivity contribution in [2.75, 3.05) is 13.1 Å². The molecule has 1 aromatic rings. The summed E-state index contributed by atoms with van der Waals surface area (Å²) < 4.78 is 14.1. The highest BCUT2D eigenvalue weighted by atomic mass is 19.1. The number of halogens is 1. The summed E-state index contributed by atoms with van der Waals surface area (Å²) in [4.78, 5) is 2.31. The van der Waals surface area contributed by atoms with E-state index in [1.165, 1.54) is 25.3 Å². The first-order valence-electron chi connectivity index (χ1n) is 7.52. The van der Waals surface area contributed by atoms with Crippen LogP contribution in [-0.2, 0) is 6.54 Å². The van der Waals surface area contributed by atoms with Crippen molar-refractivity contribution in [2.45, 2.75) is 39.7 Å². The minimum Gasteiger partial charge on any atom is -0.409 e. The molecule has 2 rings (SSSR count). The molecule has 116 valence electrons. The molecule has 3 N–H and O–H groups in total. The molecule has 0 aliphatic carbocycles. The van der Waals surface area contributed by atoms with E-state index in [1.807, 2.05) is 0 Å². The second-order valence-electron chi connectivity index (χ2n) is 5.96. The maximum absolute atomic E-state index is 14.1. The van der Waals surface area contributed by atoms with E-state index in [-0.39, 0.29) is 11.7 Å². The largest absolute Gasteiger partial charge is 0.409 e. The van der Waals surface area contributed by atoms with Gasteiger partial charge in [-0.2, -0.15) is 0 Å². The lowest BCUT2D eigenvalue weighted by Crippen LogP contribution is -2.26. The van der Waals surface area contributed by atoms with E-state index < -0.39 is 0 Å². The van der Waals surface area contributed by atoms with Gasteiger partial charge in [-0.1, -0.05) is 31.1 Å². The second-order valence-corrected chi connectivity index (χ2v) is 5.96. The van der Waals surface area contributed by atoms with Crippen LogP contribution in [0.15, 0.2) is 23.4 Å². The van der Waals surface area contributed by atoms with Gasteiger partial charge in [-0.3, -0.25) is 4.90 Å². The summed E-state index contributed by atoms with van der Waals surface area (Å²) in [5.41, 5.74) is 6.92. The first-order chi connectivity index (χ1) is 10.0. The molecule has 0 radical (unpaired) electrons. The van der Waals surface area contributed by atoms with Crippen LogP contribution in [0.2, 0.25) is 0 Å². The van der Waals surface area contributed by atoms with Crippen molar-refractivity contribution in [2.24, 2.45) is 16.3 Å². The number of rotatable bonds is 5. The summed E-state index contributed by atoms with van der Waals surface area (Å²) in [6.45, 7) is 7.13. The quantitative estimate of drug-likeness (QED) is 0.380. The van der Waals surface area contributed by atoms with Gasteiger partial charge in [0.05, 0.1) is 0 Å². The molecule has 0 unspecified atom stereocenters. The SMILES string of the molecule is CCC1(CC)CCN(Cc2ccc(/C(N)=N/O)cc2F)C1. The second kappa shape index (κ2) is 6.43. The van der Waals surface area contributed by atoms with Crippen LogP contribution >= 0.6 is 0 Å². The summed E-state index contributed by atoms with van der Waals surface area (Å²) >= 11 is 0. The zero-order chi connectivity index (χ0) is 15.5. The van der Waals surface area contributed by atoms with E-state index in [4.69, 9.17) is 10.9 Å². The molecule has 0 saturated carbocycles. The van der Waals surface area contributed by atoms with Crippen LogP contribution in [0.25, 0.3) is 0 Å². The molecule has 1 aliphatic rings. The highest BCUT2D eigenvalue weighted by Gasteiger charge is 2.34. The Balaban J connectivity index is 2.08. The third-order valence-electron chi connectivity index (χ3n) is 4.87. The molecule has 0 bridgehead atoms. The van der Waals surface area contributed by atoms with E-state index in [0.717, 1.165) is 13.1 Å². The summed E-state index contributed by atoms with van der Waals surface area (Å²) in [5.74, 6) is -0.373. The Morgan fingerprint density at radius 1 is 1.43 bits per heavy atom. The molecule has 1 fully saturated rings. The van der Waals surface area contributed by atoms with Crippen molar-refractivity contribution in [1.29, 1.82) is 0 Å². The maximum Gasteiger partial charge on any atom is 0.170 e. The Kier molecular flexibility index (Phi) is 4.83. The summed E-state index contributed by atoms with van der Waals surface area (Å²) in [5, 5.41) is 11.5. The van der Waals surface area contributed by atoms with E-state index in [9.17, 15) is 4.39 Å². The van der Waals surface area contributed by atoms with Gasteiger partial charge in [-0.15, -0.1) is 0 Å². The Morgan fingerprint density at radius 2 is 2.14 bits per heavy atom. The molecular formula is C16H24FN3O. The van der Waals surface area contributed by atoms with Crippen molar-refractivity contribution >= 4 is 5.84 Å². The van der Waals surface area contributed by atoms with Gasteiger partial charge in [0.15, 0.2) is 5.84 Å². The minimum absolute atomic E-state index is 0.0717. The van der Waals surface area contributed by atoms with E-state index in [2.05, 4.69) is 23.9 Å². The van der Waals surface area contributed by atoms with Crippen molar-refractivity contribution in [3.05, 3.63) is 35.1 Å². The highest BCUT2D eigenvalue weighted by molar-refractivity contribution is 5.97. The molecule has 21 heavy (non-hydrogen) atoms. The molecule has 0 amide bonds. The molecule has 1 saturated heterocycles. The van der Waals surface area contributed by atoms with Crippen LogP contribution in [0.5, 0.6) is 0 Å². The van der Waals surface area contributed by atoms with Gasteiger partial charge in [-0.25, -0.2) is 4.39 Å². The topological polar surface area (TPSA) is 61.8 Å². The van der Waals surface area contributed by atoms with Crippen molar-refractivity contribution < 1.29 is 9.60 Å². The molecule has 5 heteroatoms. The molecule has 1 aliphatic heterocycles. The van der Waals surface area contributed by atoms with Gasteiger partial charge in [0.2, 0.25) is 0 Å². The fraction of sp³-hybridized carbons (Fsp3) is 0.562. The number of nitrogens with zero attached hydrogens (tertiary/aromatic N) is 2. The predicted octanol–water partition coefficient (Wildman–Crippen LogP) is 2.93. The monoisotopic (exact) mass is 293 g/mol. The zero-order valence-corrected chi connectivity index (χ0v) is 12.8. The Hall–Kier alpha value is -1.62. The first-order valence-corrected chi connectivity index (χ1v) is 7.52.